The van der Waals surface area contributed by atoms with Crippen LogP contribution in [0.5, 0.6) is 5.75 Å². The lowest BCUT2D eigenvalue weighted by Gasteiger charge is -2.13. The zero-order valence-corrected chi connectivity index (χ0v) is 19.2. The number of carboxylic acid groups (broad SMARTS) is 1. The van der Waals surface area contributed by atoms with Crippen LogP contribution in [0.15, 0.2) is 34.2 Å². The molecule has 164 valence electrons. The summed E-state index contributed by atoms with van der Waals surface area (Å²) in [6.07, 6.45) is 2.80. The van der Waals surface area contributed by atoms with Gasteiger partial charge in [0.15, 0.2) is 11.3 Å². The van der Waals surface area contributed by atoms with E-state index in [1.165, 1.54) is 23.1 Å². The monoisotopic (exact) mass is 460 g/mol. The van der Waals surface area contributed by atoms with Crippen LogP contribution in [0.25, 0.3) is 6.08 Å². The van der Waals surface area contributed by atoms with E-state index < -0.39 is 12.1 Å². The molecule has 0 aliphatic carbocycles. The number of amidine groups is 1. The van der Waals surface area contributed by atoms with E-state index in [1.54, 1.807) is 36.1 Å². The fourth-order valence-corrected chi connectivity index (χ4v) is 4.54. The Balaban J connectivity index is 1.86. The van der Waals surface area contributed by atoms with Gasteiger partial charge in [0.1, 0.15) is 10.8 Å². The average Bonchev–Trinajstić information content (AvgIpc) is 3.32. The molecule has 0 spiro atoms. The minimum Gasteiger partial charge on any atom is -0.479 e. The standard InChI is InChI=1S/C21H24N4O4S2/c1-4-10-25-18(26)16(30-21(25)22-20-24-23-17(6-3)31-20)12-13-8-7-9-14(11-13)29-15(5-2)19(27)28/h7-9,11-12,15H,4-6,10H2,1-3H3,(H,27,28)/b16-12+,22-21+. The zero-order valence-electron chi connectivity index (χ0n) is 17.6. The first kappa shape index (κ1) is 23.0. The van der Waals surface area contributed by atoms with Gasteiger partial charge in [-0.1, -0.05) is 44.2 Å². The minimum absolute atomic E-state index is 0.117. The van der Waals surface area contributed by atoms with E-state index in [0.717, 1.165) is 23.4 Å². The molecule has 1 amide bonds. The van der Waals surface area contributed by atoms with Gasteiger partial charge in [0.05, 0.1) is 4.91 Å². The fourth-order valence-electron chi connectivity index (χ4n) is 2.83. The molecule has 2 heterocycles. The highest BCUT2D eigenvalue weighted by Crippen LogP contribution is 2.35. The number of nitrogens with zero attached hydrogens (tertiary/aromatic N) is 4. The van der Waals surface area contributed by atoms with Crippen molar-refractivity contribution >= 4 is 51.4 Å². The quantitative estimate of drug-likeness (QED) is 0.554. The number of aromatic nitrogens is 2. The molecular weight excluding hydrogens is 436 g/mol. The van der Waals surface area contributed by atoms with Crippen LogP contribution in [0, 0.1) is 0 Å². The SMILES string of the molecule is CCCN1C(=O)/C(=C\c2cccc(OC(CC)C(=O)O)c2)S/C1=N/c1nnc(CC)s1. The lowest BCUT2D eigenvalue weighted by atomic mass is 10.2. The van der Waals surface area contributed by atoms with Crippen LogP contribution in [0.4, 0.5) is 5.13 Å². The maximum atomic E-state index is 13.0. The number of hydrogen-bond donors (Lipinski definition) is 1. The third-order valence-corrected chi connectivity index (χ3v) is 6.33. The number of benzene rings is 1. The molecule has 1 N–H and O–H groups in total. The number of carbonyl (C=O) groups is 2. The van der Waals surface area contributed by atoms with Crippen molar-refractivity contribution in [2.75, 3.05) is 6.54 Å². The molecule has 8 nitrogen and oxygen atoms in total. The Labute approximate surface area is 189 Å². The third kappa shape index (κ3) is 5.71. The van der Waals surface area contributed by atoms with Crippen LogP contribution in [-0.2, 0) is 16.0 Å². The number of ether oxygens (including phenoxy) is 1. The second kappa shape index (κ2) is 10.5. The maximum absolute atomic E-state index is 13.0. The fraction of sp³-hybridized carbons (Fsp3) is 0.381. The number of hydrogen-bond acceptors (Lipinski definition) is 8. The molecule has 3 rings (SSSR count). The molecule has 1 aliphatic heterocycles. The molecule has 10 heteroatoms. The lowest BCUT2D eigenvalue weighted by molar-refractivity contribution is -0.145. The first-order valence-corrected chi connectivity index (χ1v) is 11.7. The van der Waals surface area contributed by atoms with E-state index in [-0.39, 0.29) is 5.91 Å². The molecule has 1 aliphatic rings. The van der Waals surface area contributed by atoms with Crippen molar-refractivity contribution in [3.63, 3.8) is 0 Å². The summed E-state index contributed by atoms with van der Waals surface area (Å²) in [6.45, 7) is 6.32. The molecule has 2 aromatic rings. The van der Waals surface area contributed by atoms with Crippen molar-refractivity contribution in [1.82, 2.24) is 15.1 Å². The highest BCUT2D eigenvalue weighted by atomic mass is 32.2. The zero-order chi connectivity index (χ0) is 22.4. The maximum Gasteiger partial charge on any atom is 0.344 e. The van der Waals surface area contributed by atoms with E-state index in [9.17, 15) is 14.7 Å². The van der Waals surface area contributed by atoms with Crippen molar-refractivity contribution in [1.29, 1.82) is 0 Å². The van der Waals surface area contributed by atoms with E-state index in [4.69, 9.17) is 4.74 Å². The Hall–Kier alpha value is -2.72. The number of amides is 1. The molecule has 1 saturated heterocycles. The summed E-state index contributed by atoms with van der Waals surface area (Å²) in [4.78, 5) is 31.0. The van der Waals surface area contributed by atoms with Gasteiger partial charge in [0, 0.05) is 6.54 Å². The normalized spacial score (nSPS) is 17.5. The molecule has 1 aromatic heterocycles. The topological polar surface area (TPSA) is 105 Å². The van der Waals surface area contributed by atoms with Crippen LogP contribution in [0.1, 0.15) is 44.2 Å². The summed E-state index contributed by atoms with van der Waals surface area (Å²) in [5.41, 5.74) is 0.746. The molecule has 0 bridgehead atoms. The molecule has 0 radical (unpaired) electrons. The van der Waals surface area contributed by atoms with Gasteiger partial charge in [-0.15, -0.1) is 10.2 Å². The Morgan fingerprint density at radius 1 is 1.32 bits per heavy atom. The van der Waals surface area contributed by atoms with Gasteiger partial charge < -0.3 is 9.84 Å². The molecule has 0 saturated carbocycles. The number of rotatable bonds is 9. The number of carbonyl (C=O) groups excluding carboxylic acids is 1. The molecule has 1 aromatic carbocycles. The van der Waals surface area contributed by atoms with Gasteiger partial charge in [-0.05, 0) is 54.8 Å². The van der Waals surface area contributed by atoms with Gasteiger partial charge >= 0.3 is 5.97 Å². The first-order chi connectivity index (χ1) is 14.9. The van der Waals surface area contributed by atoms with Gasteiger partial charge in [0.25, 0.3) is 5.91 Å². The van der Waals surface area contributed by atoms with Crippen molar-refractivity contribution in [3.8, 4) is 5.75 Å². The molecule has 31 heavy (non-hydrogen) atoms. The minimum atomic E-state index is -1.01. The average molecular weight is 461 g/mol. The number of thioether (sulfide) groups is 1. The van der Waals surface area contributed by atoms with Gasteiger partial charge in [-0.3, -0.25) is 9.69 Å². The van der Waals surface area contributed by atoms with Crippen molar-refractivity contribution in [2.24, 2.45) is 4.99 Å². The summed E-state index contributed by atoms with van der Waals surface area (Å²) in [7, 11) is 0. The van der Waals surface area contributed by atoms with Crippen LogP contribution in [0.2, 0.25) is 0 Å². The van der Waals surface area contributed by atoms with Gasteiger partial charge in [-0.2, -0.15) is 4.99 Å². The Morgan fingerprint density at radius 2 is 2.13 bits per heavy atom. The smallest absolute Gasteiger partial charge is 0.344 e. The number of aryl methyl sites for hydroxylation is 1. The second-order valence-electron chi connectivity index (χ2n) is 6.72. The number of aliphatic carboxylic acids is 1. The largest absolute Gasteiger partial charge is 0.479 e. The Bertz CT molecular complexity index is 1020. The first-order valence-electron chi connectivity index (χ1n) is 10.1. The van der Waals surface area contributed by atoms with Crippen LogP contribution < -0.4 is 4.74 Å². The van der Waals surface area contributed by atoms with Crippen molar-refractivity contribution < 1.29 is 19.4 Å². The summed E-state index contributed by atoms with van der Waals surface area (Å²) in [5, 5.41) is 19.4. The summed E-state index contributed by atoms with van der Waals surface area (Å²) in [5.74, 6) is -0.680. The highest BCUT2D eigenvalue weighted by molar-refractivity contribution is 8.18. The van der Waals surface area contributed by atoms with E-state index in [1.807, 2.05) is 19.9 Å². The molecule has 1 unspecified atom stereocenters. The van der Waals surface area contributed by atoms with E-state index in [2.05, 4.69) is 15.2 Å². The predicted octanol–water partition coefficient (Wildman–Crippen LogP) is 4.36. The van der Waals surface area contributed by atoms with Crippen LogP contribution >= 0.6 is 23.1 Å². The van der Waals surface area contributed by atoms with Crippen LogP contribution in [0.3, 0.4) is 0 Å². The number of aliphatic imine (C=N–C) groups is 1. The molecule has 1 atom stereocenters. The lowest BCUT2D eigenvalue weighted by Crippen LogP contribution is -2.29. The Kier molecular flexibility index (Phi) is 7.80. The summed E-state index contributed by atoms with van der Waals surface area (Å²) in [6, 6.07) is 7.04. The predicted molar refractivity (Wildman–Crippen MR) is 123 cm³/mol. The third-order valence-electron chi connectivity index (χ3n) is 4.37. The summed E-state index contributed by atoms with van der Waals surface area (Å²) >= 11 is 2.71. The second-order valence-corrected chi connectivity index (χ2v) is 8.77. The highest BCUT2D eigenvalue weighted by Gasteiger charge is 2.33. The number of carboxylic acids is 1. The Morgan fingerprint density at radius 3 is 2.77 bits per heavy atom. The molecule has 1 fully saturated rings. The van der Waals surface area contributed by atoms with E-state index >= 15 is 0 Å². The van der Waals surface area contributed by atoms with Gasteiger partial charge in [-0.25, -0.2) is 4.79 Å². The van der Waals surface area contributed by atoms with E-state index in [0.29, 0.717) is 33.9 Å². The molecular formula is C21H24N4O4S2. The van der Waals surface area contributed by atoms with Crippen LogP contribution in [-0.4, -0.2) is 49.9 Å². The van der Waals surface area contributed by atoms with Crippen molar-refractivity contribution in [3.05, 3.63) is 39.7 Å². The van der Waals surface area contributed by atoms with Gasteiger partial charge in [0.2, 0.25) is 5.13 Å². The van der Waals surface area contributed by atoms with Crippen molar-refractivity contribution in [2.45, 2.75) is 46.1 Å². The summed E-state index contributed by atoms with van der Waals surface area (Å²) < 4.78 is 5.56.